The van der Waals surface area contributed by atoms with Crippen LogP contribution in [-0.4, -0.2) is 5.11 Å². The topological polar surface area (TPSA) is 20.2 Å². The number of benzene rings is 2. The quantitative estimate of drug-likeness (QED) is 0.854. The van der Waals surface area contributed by atoms with E-state index in [1.54, 1.807) is 0 Å². The third-order valence-corrected chi connectivity index (χ3v) is 5.04. The van der Waals surface area contributed by atoms with Crippen molar-refractivity contribution in [3.8, 4) is 0 Å². The normalized spacial score (nSPS) is 30.1. The van der Waals surface area contributed by atoms with Crippen LogP contribution in [0.15, 0.2) is 60.7 Å². The van der Waals surface area contributed by atoms with Gasteiger partial charge >= 0.3 is 0 Å². The predicted molar refractivity (Wildman–Crippen MR) is 82.6 cm³/mol. The van der Waals surface area contributed by atoms with Crippen LogP contribution in [0.2, 0.25) is 0 Å². The van der Waals surface area contributed by atoms with Gasteiger partial charge in [-0.1, -0.05) is 80.4 Å². The maximum absolute atomic E-state index is 11.5. The van der Waals surface area contributed by atoms with Gasteiger partial charge in [-0.15, -0.1) is 0 Å². The van der Waals surface area contributed by atoms with Crippen LogP contribution in [0.4, 0.5) is 0 Å². The third kappa shape index (κ3) is 1.97. The van der Waals surface area contributed by atoms with Crippen molar-refractivity contribution in [2.75, 3.05) is 0 Å². The van der Waals surface area contributed by atoms with Crippen molar-refractivity contribution < 1.29 is 5.11 Å². The maximum atomic E-state index is 11.5. The average molecular weight is 266 g/mol. The number of rotatable bonds is 2. The fourth-order valence-corrected chi connectivity index (χ4v) is 3.71. The molecule has 0 aliphatic heterocycles. The molecule has 1 nitrogen and oxygen atoms in total. The van der Waals surface area contributed by atoms with Crippen molar-refractivity contribution in [3.63, 3.8) is 0 Å². The summed E-state index contributed by atoms with van der Waals surface area (Å²) in [5.74, 6) is 0. The summed E-state index contributed by atoms with van der Waals surface area (Å²) >= 11 is 0. The van der Waals surface area contributed by atoms with Gasteiger partial charge in [0.15, 0.2) is 0 Å². The summed E-state index contributed by atoms with van der Waals surface area (Å²) in [7, 11) is 0. The maximum Gasteiger partial charge on any atom is 0.0989 e. The molecule has 104 valence electrons. The molecule has 0 aromatic heterocycles. The number of aliphatic hydroxyl groups is 1. The van der Waals surface area contributed by atoms with E-state index >= 15 is 0 Å². The van der Waals surface area contributed by atoms with Crippen LogP contribution in [0.25, 0.3) is 0 Å². The summed E-state index contributed by atoms with van der Waals surface area (Å²) in [6.45, 7) is 2.22. The zero-order chi connectivity index (χ0) is 14.1. The monoisotopic (exact) mass is 266 g/mol. The summed E-state index contributed by atoms with van der Waals surface area (Å²) in [5, 5.41) is 11.5. The fraction of sp³-hybridized carbons (Fsp3) is 0.368. The molecule has 0 heterocycles. The van der Waals surface area contributed by atoms with E-state index in [9.17, 15) is 5.11 Å². The first-order chi connectivity index (χ1) is 9.67. The van der Waals surface area contributed by atoms with Crippen molar-refractivity contribution >= 4 is 0 Å². The van der Waals surface area contributed by atoms with Gasteiger partial charge in [0.25, 0.3) is 0 Å². The van der Waals surface area contributed by atoms with Crippen molar-refractivity contribution in [2.45, 2.75) is 43.6 Å². The molecule has 1 N–H and O–H groups in total. The highest BCUT2D eigenvalue weighted by atomic mass is 16.3. The minimum absolute atomic E-state index is 0.214. The Labute approximate surface area is 121 Å². The van der Waals surface area contributed by atoms with Gasteiger partial charge in [-0.25, -0.2) is 0 Å². The summed E-state index contributed by atoms with van der Waals surface area (Å²) in [6, 6.07) is 20.7. The molecule has 1 aliphatic rings. The summed E-state index contributed by atoms with van der Waals surface area (Å²) in [5.41, 5.74) is 1.30. The summed E-state index contributed by atoms with van der Waals surface area (Å²) < 4.78 is 0. The molecule has 1 saturated carbocycles. The number of hydrogen-bond donors (Lipinski definition) is 1. The zero-order valence-corrected chi connectivity index (χ0v) is 12.0. The lowest BCUT2D eigenvalue weighted by Crippen LogP contribution is -2.49. The van der Waals surface area contributed by atoms with Crippen LogP contribution in [0.1, 0.15) is 43.7 Å². The molecule has 0 spiro atoms. The lowest BCUT2D eigenvalue weighted by molar-refractivity contribution is -0.0698. The van der Waals surface area contributed by atoms with Gasteiger partial charge in [-0.3, -0.25) is 0 Å². The standard InChI is InChI=1S/C19H22O/c1-18(16-10-4-2-5-11-16)14-8-9-15-19(18,20)17-12-6-3-7-13-17/h2-7,10-13,20H,8-9,14-15H2,1H3/t18-,19-/m1/s1. The minimum Gasteiger partial charge on any atom is -0.384 e. The lowest BCUT2D eigenvalue weighted by Gasteiger charge is -2.49. The molecular formula is C19H22O. The van der Waals surface area contributed by atoms with E-state index in [2.05, 4.69) is 43.3 Å². The molecule has 2 atom stereocenters. The van der Waals surface area contributed by atoms with E-state index < -0.39 is 5.60 Å². The van der Waals surface area contributed by atoms with Crippen LogP contribution in [0.5, 0.6) is 0 Å². The van der Waals surface area contributed by atoms with Crippen LogP contribution in [-0.2, 0) is 11.0 Å². The molecule has 1 heteroatoms. The first-order valence-corrected chi connectivity index (χ1v) is 7.50. The van der Waals surface area contributed by atoms with E-state index in [0.717, 1.165) is 24.8 Å². The minimum atomic E-state index is -0.770. The predicted octanol–water partition coefficient (Wildman–Crippen LogP) is 4.41. The Morgan fingerprint density at radius 3 is 1.85 bits per heavy atom. The van der Waals surface area contributed by atoms with E-state index in [1.165, 1.54) is 12.0 Å². The van der Waals surface area contributed by atoms with Crippen molar-refractivity contribution in [1.82, 2.24) is 0 Å². The van der Waals surface area contributed by atoms with Crippen LogP contribution >= 0.6 is 0 Å². The molecule has 2 aromatic rings. The highest BCUT2D eigenvalue weighted by Gasteiger charge is 2.50. The van der Waals surface area contributed by atoms with E-state index in [-0.39, 0.29) is 5.41 Å². The molecular weight excluding hydrogens is 244 g/mol. The van der Waals surface area contributed by atoms with Gasteiger partial charge in [0.1, 0.15) is 0 Å². The van der Waals surface area contributed by atoms with Crippen molar-refractivity contribution in [1.29, 1.82) is 0 Å². The smallest absolute Gasteiger partial charge is 0.0989 e. The van der Waals surface area contributed by atoms with Gasteiger partial charge in [0.05, 0.1) is 5.60 Å². The molecule has 3 rings (SSSR count). The molecule has 1 fully saturated rings. The van der Waals surface area contributed by atoms with Gasteiger partial charge < -0.3 is 5.11 Å². The second-order valence-corrected chi connectivity index (χ2v) is 6.13. The van der Waals surface area contributed by atoms with Crippen LogP contribution in [0, 0.1) is 0 Å². The summed E-state index contributed by atoms with van der Waals surface area (Å²) in [6.07, 6.45) is 4.14. The molecule has 2 aromatic carbocycles. The molecule has 0 unspecified atom stereocenters. The zero-order valence-electron chi connectivity index (χ0n) is 12.0. The Morgan fingerprint density at radius 2 is 1.25 bits per heavy atom. The second kappa shape index (κ2) is 5.06. The number of hydrogen-bond acceptors (Lipinski definition) is 1. The third-order valence-electron chi connectivity index (χ3n) is 5.04. The molecule has 0 saturated heterocycles. The lowest BCUT2D eigenvalue weighted by atomic mass is 9.58. The molecule has 0 radical (unpaired) electrons. The molecule has 0 amide bonds. The largest absolute Gasteiger partial charge is 0.384 e. The van der Waals surface area contributed by atoms with Crippen molar-refractivity contribution in [3.05, 3.63) is 71.8 Å². The first kappa shape index (κ1) is 13.4. The van der Waals surface area contributed by atoms with Crippen LogP contribution < -0.4 is 0 Å². The molecule has 20 heavy (non-hydrogen) atoms. The fourth-order valence-electron chi connectivity index (χ4n) is 3.71. The Hall–Kier alpha value is -1.60. The van der Waals surface area contributed by atoms with Gasteiger partial charge in [-0.05, 0) is 24.0 Å². The van der Waals surface area contributed by atoms with Crippen LogP contribution in [0.3, 0.4) is 0 Å². The highest BCUT2D eigenvalue weighted by Crippen LogP contribution is 2.51. The SMILES string of the molecule is C[C@]1(c2ccccc2)CCCC[C@@]1(O)c1ccccc1. The summed E-state index contributed by atoms with van der Waals surface area (Å²) in [4.78, 5) is 0. The Kier molecular flexibility index (Phi) is 3.39. The average Bonchev–Trinajstić information content (AvgIpc) is 2.52. The molecule has 0 bridgehead atoms. The first-order valence-electron chi connectivity index (χ1n) is 7.50. The van der Waals surface area contributed by atoms with E-state index in [0.29, 0.717) is 0 Å². The highest BCUT2D eigenvalue weighted by molar-refractivity contribution is 5.36. The Balaban J connectivity index is 2.12. The van der Waals surface area contributed by atoms with Gasteiger partial charge in [0, 0.05) is 5.41 Å². The molecule has 1 aliphatic carbocycles. The Bertz CT molecular complexity index is 509. The Morgan fingerprint density at radius 1 is 0.750 bits per heavy atom. The van der Waals surface area contributed by atoms with Gasteiger partial charge in [-0.2, -0.15) is 0 Å². The van der Waals surface area contributed by atoms with Crippen molar-refractivity contribution in [2.24, 2.45) is 0 Å². The van der Waals surface area contributed by atoms with Gasteiger partial charge in [0.2, 0.25) is 0 Å². The van der Waals surface area contributed by atoms with E-state index in [4.69, 9.17) is 0 Å². The second-order valence-electron chi connectivity index (χ2n) is 6.13. The van der Waals surface area contributed by atoms with E-state index in [1.807, 2.05) is 24.3 Å².